The van der Waals surface area contributed by atoms with E-state index in [1.807, 2.05) is 39.4 Å². The van der Waals surface area contributed by atoms with Crippen molar-refractivity contribution in [3.63, 3.8) is 0 Å². The van der Waals surface area contributed by atoms with Crippen molar-refractivity contribution in [2.75, 3.05) is 31.8 Å². The fourth-order valence-corrected chi connectivity index (χ4v) is 4.52. The lowest BCUT2D eigenvalue weighted by molar-refractivity contribution is 0.0606. The van der Waals surface area contributed by atoms with E-state index in [2.05, 4.69) is 36.1 Å². The van der Waals surface area contributed by atoms with Crippen molar-refractivity contribution >= 4 is 23.5 Å². The molecule has 176 valence electrons. The average molecular weight is 459 g/mol. The summed E-state index contributed by atoms with van der Waals surface area (Å²) in [5.74, 6) is 0.759. The maximum absolute atomic E-state index is 13.1. The third-order valence-electron chi connectivity index (χ3n) is 6.40. The quantitative estimate of drug-likeness (QED) is 0.273. The number of ether oxygens (including phenoxy) is 1. The first-order valence-corrected chi connectivity index (χ1v) is 11.6. The number of aromatic nitrogens is 2. The Morgan fingerprint density at radius 1 is 1.26 bits per heavy atom. The van der Waals surface area contributed by atoms with E-state index in [0.29, 0.717) is 31.2 Å². The minimum absolute atomic E-state index is 0.0773. The SMILES string of the molecule is CCN(/N=C/c1ccc2c(c1)C(C)(C)N(CCCCOC)C2=O)c1nccn2c(C#N)ccc12. The number of amides is 1. The van der Waals surface area contributed by atoms with Crippen LogP contribution in [-0.2, 0) is 10.3 Å². The molecule has 0 unspecified atom stereocenters. The second-order valence-electron chi connectivity index (χ2n) is 8.82. The lowest BCUT2D eigenvalue weighted by atomic mass is 9.92. The van der Waals surface area contributed by atoms with E-state index in [1.165, 1.54) is 0 Å². The van der Waals surface area contributed by atoms with Crippen molar-refractivity contribution in [2.45, 2.75) is 39.2 Å². The third-order valence-corrected chi connectivity index (χ3v) is 6.40. The summed E-state index contributed by atoms with van der Waals surface area (Å²) in [7, 11) is 1.70. The van der Waals surface area contributed by atoms with E-state index in [4.69, 9.17) is 4.74 Å². The van der Waals surface area contributed by atoms with Crippen LogP contribution < -0.4 is 5.01 Å². The smallest absolute Gasteiger partial charge is 0.254 e. The van der Waals surface area contributed by atoms with Gasteiger partial charge in [0.25, 0.3) is 5.91 Å². The van der Waals surface area contributed by atoms with Crippen LogP contribution in [-0.4, -0.2) is 53.2 Å². The minimum Gasteiger partial charge on any atom is -0.385 e. The van der Waals surface area contributed by atoms with Crippen LogP contribution in [0.1, 0.15) is 60.8 Å². The number of methoxy groups -OCH3 is 1. The molecule has 3 heterocycles. The van der Waals surface area contributed by atoms with Crippen LogP contribution in [0.4, 0.5) is 5.82 Å². The van der Waals surface area contributed by atoms with Gasteiger partial charge in [0.1, 0.15) is 11.8 Å². The van der Waals surface area contributed by atoms with Crippen LogP contribution in [0.5, 0.6) is 0 Å². The van der Waals surface area contributed by atoms with Gasteiger partial charge in [-0.25, -0.2) is 9.99 Å². The molecule has 0 spiro atoms. The van der Waals surface area contributed by atoms with Crippen LogP contribution in [0.15, 0.2) is 47.8 Å². The number of nitrogens with zero attached hydrogens (tertiary/aromatic N) is 6. The van der Waals surface area contributed by atoms with Crippen LogP contribution in [0, 0.1) is 11.3 Å². The minimum atomic E-state index is -0.388. The average Bonchev–Trinajstić information content (AvgIpc) is 3.34. The molecule has 34 heavy (non-hydrogen) atoms. The Labute approximate surface area is 200 Å². The zero-order chi connectivity index (χ0) is 24.3. The standard InChI is InChI=1S/C26H30N6O2/c1-5-32(24-23-11-9-20(17-27)30(23)14-12-28-24)29-18-19-8-10-21-22(16-19)26(2,3)31(25(21)33)13-6-7-15-34-4/h8-12,14,16,18H,5-7,13,15H2,1-4H3/b29-18+. The number of carbonyl (C=O) groups is 1. The van der Waals surface area contributed by atoms with E-state index >= 15 is 0 Å². The Morgan fingerprint density at radius 3 is 2.82 bits per heavy atom. The number of carbonyl (C=O) groups excluding carboxylic acids is 1. The Hall–Kier alpha value is -3.70. The highest BCUT2D eigenvalue weighted by Crippen LogP contribution is 2.39. The fraction of sp³-hybridized carbons (Fsp3) is 0.385. The molecule has 1 amide bonds. The first kappa shape index (κ1) is 23.5. The van der Waals surface area contributed by atoms with E-state index in [1.54, 1.807) is 31.8 Å². The summed E-state index contributed by atoms with van der Waals surface area (Å²) in [6, 6.07) is 11.7. The largest absolute Gasteiger partial charge is 0.385 e. The number of nitriles is 1. The second-order valence-corrected chi connectivity index (χ2v) is 8.82. The zero-order valence-electron chi connectivity index (χ0n) is 20.2. The van der Waals surface area contributed by atoms with E-state index in [9.17, 15) is 10.1 Å². The molecule has 0 N–H and O–H groups in total. The second kappa shape index (κ2) is 9.65. The van der Waals surface area contributed by atoms with Crippen molar-refractivity contribution in [1.82, 2.24) is 14.3 Å². The molecule has 2 aromatic heterocycles. The number of benzene rings is 1. The number of fused-ring (bicyclic) bond motifs is 2. The van der Waals surface area contributed by atoms with Gasteiger partial charge in [0.15, 0.2) is 5.82 Å². The molecular formula is C26H30N6O2. The molecule has 8 heteroatoms. The fourth-order valence-electron chi connectivity index (χ4n) is 4.52. The van der Waals surface area contributed by atoms with Gasteiger partial charge in [-0.1, -0.05) is 6.07 Å². The van der Waals surface area contributed by atoms with Crippen molar-refractivity contribution in [3.05, 3.63) is 65.1 Å². The van der Waals surface area contributed by atoms with Crippen molar-refractivity contribution < 1.29 is 9.53 Å². The Kier molecular flexibility index (Phi) is 6.66. The van der Waals surface area contributed by atoms with E-state index < -0.39 is 0 Å². The third kappa shape index (κ3) is 4.15. The van der Waals surface area contributed by atoms with Gasteiger partial charge < -0.3 is 14.0 Å². The molecule has 0 atom stereocenters. The monoisotopic (exact) mass is 458 g/mol. The van der Waals surface area contributed by atoms with Gasteiger partial charge in [-0.05, 0) is 69.0 Å². The normalized spacial score (nSPS) is 14.7. The molecule has 1 aliphatic heterocycles. The van der Waals surface area contributed by atoms with Gasteiger partial charge in [-0.15, -0.1) is 0 Å². The van der Waals surface area contributed by atoms with E-state index in [-0.39, 0.29) is 11.4 Å². The number of unbranched alkanes of at least 4 members (excludes halogenated alkanes) is 1. The molecule has 0 saturated heterocycles. The summed E-state index contributed by atoms with van der Waals surface area (Å²) >= 11 is 0. The lowest BCUT2D eigenvalue weighted by Crippen LogP contribution is -2.39. The summed E-state index contributed by atoms with van der Waals surface area (Å²) < 4.78 is 6.95. The molecule has 4 rings (SSSR count). The molecule has 0 radical (unpaired) electrons. The van der Waals surface area contributed by atoms with Gasteiger partial charge in [-0.2, -0.15) is 10.4 Å². The summed E-state index contributed by atoms with van der Waals surface area (Å²) in [5, 5.41) is 15.8. The highest BCUT2D eigenvalue weighted by atomic mass is 16.5. The van der Waals surface area contributed by atoms with E-state index in [0.717, 1.165) is 35.0 Å². The van der Waals surface area contributed by atoms with Crippen molar-refractivity contribution in [2.24, 2.45) is 5.10 Å². The number of rotatable bonds is 9. The highest BCUT2D eigenvalue weighted by Gasteiger charge is 2.42. The first-order chi connectivity index (χ1) is 16.4. The molecule has 8 nitrogen and oxygen atoms in total. The molecule has 0 fully saturated rings. The van der Waals surface area contributed by atoms with Crippen molar-refractivity contribution in [1.29, 1.82) is 5.26 Å². The van der Waals surface area contributed by atoms with Gasteiger partial charge in [0.2, 0.25) is 0 Å². The van der Waals surface area contributed by atoms with Gasteiger partial charge in [-0.3, -0.25) is 4.79 Å². The Morgan fingerprint density at radius 2 is 2.09 bits per heavy atom. The Bertz CT molecular complexity index is 1270. The van der Waals surface area contributed by atoms with Crippen LogP contribution >= 0.6 is 0 Å². The van der Waals surface area contributed by atoms with Crippen LogP contribution in [0.2, 0.25) is 0 Å². The van der Waals surface area contributed by atoms with Gasteiger partial charge in [0, 0.05) is 44.8 Å². The molecule has 3 aromatic rings. The Balaban J connectivity index is 1.58. The van der Waals surface area contributed by atoms with Gasteiger partial charge in [0.05, 0.1) is 17.3 Å². The molecule has 1 aromatic carbocycles. The predicted octanol–water partition coefficient (Wildman–Crippen LogP) is 4.18. The zero-order valence-corrected chi connectivity index (χ0v) is 20.2. The summed E-state index contributed by atoms with van der Waals surface area (Å²) in [4.78, 5) is 19.5. The van der Waals surface area contributed by atoms with Gasteiger partial charge >= 0.3 is 0 Å². The van der Waals surface area contributed by atoms with Crippen molar-refractivity contribution in [3.8, 4) is 6.07 Å². The summed E-state index contributed by atoms with van der Waals surface area (Å²) in [6.07, 6.45) is 7.07. The summed E-state index contributed by atoms with van der Waals surface area (Å²) in [6.45, 7) is 8.21. The molecule has 0 aliphatic carbocycles. The molecular weight excluding hydrogens is 428 g/mol. The molecule has 1 aliphatic rings. The maximum Gasteiger partial charge on any atom is 0.254 e. The maximum atomic E-state index is 13.1. The molecule has 0 bridgehead atoms. The number of anilines is 1. The highest BCUT2D eigenvalue weighted by molar-refractivity contribution is 6.00. The first-order valence-electron chi connectivity index (χ1n) is 11.6. The van der Waals surface area contributed by atoms with Crippen LogP contribution in [0.25, 0.3) is 5.52 Å². The lowest BCUT2D eigenvalue weighted by Gasteiger charge is -2.32. The van der Waals surface area contributed by atoms with Crippen LogP contribution in [0.3, 0.4) is 0 Å². The summed E-state index contributed by atoms with van der Waals surface area (Å²) in [5.41, 5.74) is 3.67. The number of hydrogen-bond acceptors (Lipinski definition) is 6. The number of hydrogen-bond donors (Lipinski definition) is 0. The molecule has 0 saturated carbocycles. The number of hydrazone groups is 1. The predicted molar refractivity (Wildman–Crippen MR) is 132 cm³/mol. The topological polar surface area (TPSA) is 86.2 Å².